The normalized spacial score (nSPS) is 21.3. The van der Waals surface area contributed by atoms with E-state index in [-0.39, 0.29) is 23.8 Å². The first-order valence-electron chi connectivity index (χ1n) is 8.30. The molecule has 1 saturated heterocycles. The van der Waals surface area contributed by atoms with Gasteiger partial charge < -0.3 is 4.74 Å². The number of likely N-dealkylation sites (tertiary alicyclic amines) is 1. The maximum Gasteiger partial charge on any atom is 0.417 e. The van der Waals surface area contributed by atoms with E-state index in [2.05, 4.69) is 12.1 Å². The van der Waals surface area contributed by atoms with Gasteiger partial charge in [0.05, 0.1) is 12.0 Å². The Balaban J connectivity index is 2.07. The first kappa shape index (κ1) is 17.5. The van der Waals surface area contributed by atoms with Crippen molar-refractivity contribution in [2.45, 2.75) is 59.1 Å². The minimum absolute atomic E-state index is 0.0717. The first-order valence-corrected chi connectivity index (χ1v) is 8.30. The summed E-state index contributed by atoms with van der Waals surface area (Å²) in [5, 5.41) is 0. The molecule has 0 aromatic heterocycles. The van der Waals surface area contributed by atoms with Gasteiger partial charge in [0.25, 0.3) is 0 Å². The number of ether oxygens (including phenoxy) is 1. The van der Waals surface area contributed by atoms with E-state index in [0.29, 0.717) is 0 Å². The molecule has 0 unspecified atom stereocenters. The Hall–Kier alpha value is -1.84. The van der Waals surface area contributed by atoms with Crippen molar-refractivity contribution in [2.75, 3.05) is 0 Å². The third-order valence-corrected chi connectivity index (χ3v) is 4.15. The van der Waals surface area contributed by atoms with Crippen molar-refractivity contribution >= 4 is 12.0 Å². The number of hydrogen-bond acceptors (Lipinski definition) is 3. The predicted molar refractivity (Wildman–Crippen MR) is 90.0 cm³/mol. The van der Waals surface area contributed by atoms with Gasteiger partial charge in [-0.05, 0) is 45.1 Å². The molecule has 0 spiro atoms. The first-order chi connectivity index (χ1) is 10.7. The van der Waals surface area contributed by atoms with Crippen molar-refractivity contribution in [1.29, 1.82) is 0 Å². The summed E-state index contributed by atoms with van der Waals surface area (Å²) in [5.41, 5.74) is 0.628. The molecule has 1 heterocycles. The maximum atomic E-state index is 12.4. The summed E-state index contributed by atoms with van der Waals surface area (Å²) in [5.74, 6) is 0.0282. The van der Waals surface area contributed by atoms with Crippen LogP contribution in [0.2, 0.25) is 0 Å². The van der Waals surface area contributed by atoms with Crippen LogP contribution >= 0.6 is 0 Å². The highest BCUT2D eigenvalue weighted by molar-refractivity contribution is 5.99. The Labute approximate surface area is 138 Å². The van der Waals surface area contributed by atoms with Crippen LogP contribution < -0.4 is 0 Å². The topological polar surface area (TPSA) is 46.6 Å². The van der Waals surface area contributed by atoms with Gasteiger partial charge in [-0.1, -0.05) is 44.2 Å². The molecule has 4 heteroatoms. The average molecular weight is 317 g/mol. The standard InChI is InChI=1S/C19H27NO3/c1-13(2)16-15(12-11-14-9-7-6-8-10-14)20(17(16)21)18(22)23-19(3,4)5/h6-10,13,15-16H,11-12H2,1-5H3/t15-,16+/m0/s1. The molecule has 1 aromatic rings. The summed E-state index contributed by atoms with van der Waals surface area (Å²) >= 11 is 0. The van der Waals surface area contributed by atoms with Crippen molar-refractivity contribution in [1.82, 2.24) is 4.90 Å². The lowest BCUT2D eigenvalue weighted by Crippen LogP contribution is -2.65. The smallest absolute Gasteiger partial charge is 0.417 e. The molecule has 4 nitrogen and oxygen atoms in total. The van der Waals surface area contributed by atoms with Gasteiger partial charge in [-0.2, -0.15) is 0 Å². The molecular weight excluding hydrogens is 290 g/mol. The van der Waals surface area contributed by atoms with Crippen molar-refractivity contribution in [3.8, 4) is 0 Å². The Morgan fingerprint density at radius 3 is 2.35 bits per heavy atom. The number of carbonyl (C=O) groups is 2. The molecule has 0 radical (unpaired) electrons. The molecule has 1 aliphatic rings. The second-order valence-corrected chi connectivity index (χ2v) is 7.55. The lowest BCUT2D eigenvalue weighted by atomic mass is 9.77. The number of amides is 2. The molecule has 1 aliphatic heterocycles. The molecule has 1 aromatic carbocycles. The highest BCUT2D eigenvalue weighted by Crippen LogP contribution is 2.36. The molecular formula is C19H27NO3. The molecule has 0 saturated carbocycles. The van der Waals surface area contributed by atoms with Crippen LogP contribution in [0.1, 0.15) is 46.6 Å². The van der Waals surface area contributed by atoms with E-state index in [1.807, 2.05) is 52.8 Å². The summed E-state index contributed by atoms with van der Waals surface area (Å²) in [7, 11) is 0. The van der Waals surface area contributed by atoms with Crippen molar-refractivity contribution in [3.63, 3.8) is 0 Å². The quantitative estimate of drug-likeness (QED) is 0.787. The monoisotopic (exact) mass is 317 g/mol. The molecule has 23 heavy (non-hydrogen) atoms. The van der Waals surface area contributed by atoms with Crippen molar-refractivity contribution in [2.24, 2.45) is 11.8 Å². The summed E-state index contributed by atoms with van der Waals surface area (Å²) < 4.78 is 5.39. The van der Waals surface area contributed by atoms with Crippen LogP contribution in [0, 0.1) is 11.8 Å². The number of hydrogen-bond donors (Lipinski definition) is 0. The predicted octanol–water partition coefficient (Wildman–Crippen LogP) is 4.04. The van der Waals surface area contributed by atoms with Gasteiger partial charge in [-0.25, -0.2) is 9.69 Å². The van der Waals surface area contributed by atoms with Crippen LogP contribution in [0.3, 0.4) is 0 Å². The van der Waals surface area contributed by atoms with Gasteiger partial charge in [0, 0.05) is 0 Å². The van der Waals surface area contributed by atoms with Crippen molar-refractivity contribution < 1.29 is 14.3 Å². The van der Waals surface area contributed by atoms with Crippen LogP contribution in [0.5, 0.6) is 0 Å². The summed E-state index contributed by atoms with van der Waals surface area (Å²) in [6, 6.07) is 10.1. The zero-order valence-corrected chi connectivity index (χ0v) is 14.7. The number of aryl methyl sites for hydroxylation is 1. The maximum absolute atomic E-state index is 12.4. The minimum atomic E-state index is -0.593. The lowest BCUT2D eigenvalue weighted by molar-refractivity contribution is -0.157. The molecule has 2 atom stereocenters. The second kappa shape index (κ2) is 6.73. The highest BCUT2D eigenvalue weighted by atomic mass is 16.6. The SMILES string of the molecule is CC(C)[C@H]1C(=O)N(C(=O)OC(C)(C)C)[C@H]1CCc1ccccc1. The van der Waals surface area contributed by atoms with E-state index < -0.39 is 11.7 Å². The zero-order chi connectivity index (χ0) is 17.2. The fraction of sp³-hybridized carbons (Fsp3) is 0.579. The number of carbonyl (C=O) groups excluding carboxylic acids is 2. The van der Waals surface area contributed by atoms with E-state index in [9.17, 15) is 9.59 Å². The van der Waals surface area contributed by atoms with Crippen LogP contribution in [-0.2, 0) is 16.0 Å². The summed E-state index contributed by atoms with van der Waals surface area (Å²) in [6.45, 7) is 9.51. The van der Waals surface area contributed by atoms with Gasteiger partial charge in [-0.15, -0.1) is 0 Å². The summed E-state index contributed by atoms with van der Waals surface area (Å²) in [6.07, 6.45) is 1.11. The fourth-order valence-corrected chi connectivity index (χ4v) is 3.10. The third-order valence-electron chi connectivity index (χ3n) is 4.15. The van der Waals surface area contributed by atoms with Crippen LogP contribution in [0.15, 0.2) is 30.3 Å². The van der Waals surface area contributed by atoms with Gasteiger partial charge in [-0.3, -0.25) is 4.79 Å². The number of imide groups is 1. The number of nitrogens with zero attached hydrogens (tertiary/aromatic N) is 1. The van der Waals surface area contributed by atoms with Crippen LogP contribution in [-0.4, -0.2) is 28.5 Å². The van der Waals surface area contributed by atoms with E-state index in [4.69, 9.17) is 4.74 Å². The molecule has 0 aliphatic carbocycles. The van der Waals surface area contributed by atoms with Gasteiger partial charge in [0.15, 0.2) is 0 Å². The molecule has 2 rings (SSSR count). The minimum Gasteiger partial charge on any atom is -0.443 e. The van der Waals surface area contributed by atoms with Crippen molar-refractivity contribution in [3.05, 3.63) is 35.9 Å². The van der Waals surface area contributed by atoms with Crippen LogP contribution in [0.25, 0.3) is 0 Å². The number of rotatable bonds is 4. The van der Waals surface area contributed by atoms with Crippen LogP contribution in [0.4, 0.5) is 4.79 Å². The Kier molecular flexibility index (Phi) is 5.12. The van der Waals surface area contributed by atoms with E-state index >= 15 is 0 Å². The third kappa shape index (κ3) is 4.12. The van der Waals surface area contributed by atoms with Gasteiger partial charge in [0.1, 0.15) is 5.60 Å². The Morgan fingerprint density at radius 1 is 1.22 bits per heavy atom. The fourth-order valence-electron chi connectivity index (χ4n) is 3.10. The second-order valence-electron chi connectivity index (χ2n) is 7.55. The molecule has 0 N–H and O–H groups in total. The molecule has 126 valence electrons. The molecule has 0 bridgehead atoms. The number of benzene rings is 1. The highest BCUT2D eigenvalue weighted by Gasteiger charge is 2.52. The van der Waals surface area contributed by atoms with E-state index in [1.54, 1.807) is 0 Å². The summed E-state index contributed by atoms with van der Waals surface area (Å²) in [4.78, 5) is 26.0. The largest absolute Gasteiger partial charge is 0.443 e. The molecule has 1 fully saturated rings. The van der Waals surface area contributed by atoms with Gasteiger partial charge >= 0.3 is 6.09 Å². The zero-order valence-electron chi connectivity index (χ0n) is 14.7. The van der Waals surface area contributed by atoms with E-state index in [0.717, 1.165) is 12.8 Å². The number of β-lactam (4-membered cyclic amide) rings is 1. The Bertz CT molecular complexity index is 560. The average Bonchev–Trinajstić information content (AvgIpc) is 2.41. The Morgan fingerprint density at radius 2 is 1.83 bits per heavy atom. The van der Waals surface area contributed by atoms with Gasteiger partial charge in [0.2, 0.25) is 5.91 Å². The molecule has 2 amide bonds. The van der Waals surface area contributed by atoms with E-state index in [1.165, 1.54) is 10.5 Å². The lowest BCUT2D eigenvalue weighted by Gasteiger charge is -2.47.